The van der Waals surface area contributed by atoms with E-state index < -0.39 is 11.9 Å². The van der Waals surface area contributed by atoms with Gasteiger partial charge in [-0.3, -0.25) is 0 Å². The van der Waals surface area contributed by atoms with E-state index in [0.29, 0.717) is 39.6 Å². The minimum Gasteiger partial charge on any atom is -0.493 e. The second kappa shape index (κ2) is 9.45. The third-order valence-electron chi connectivity index (χ3n) is 4.16. The van der Waals surface area contributed by atoms with E-state index >= 15 is 0 Å². The number of ether oxygens (including phenoxy) is 5. The molecular formula is C20H22N2O7. The number of hydrogen-bond acceptors (Lipinski definition) is 8. The Bertz CT molecular complexity index is 960. The van der Waals surface area contributed by atoms with Crippen LogP contribution in [0, 0.1) is 5.41 Å². The van der Waals surface area contributed by atoms with Gasteiger partial charge in [0.1, 0.15) is 5.69 Å². The van der Waals surface area contributed by atoms with Gasteiger partial charge in [-0.15, -0.1) is 0 Å². The maximum absolute atomic E-state index is 12.3. The first-order valence-electron chi connectivity index (χ1n) is 8.37. The standard InChI is InChI=1S/C20H22N2O7/c1-25-14-8-6-12(18(27-3)19(14)28-4)16-11(7-9-15(23)26-2)17(20(24)29-5)22-13(16)10-21/h6-10,21-22H,1-5H3/b9-7+,21-10?. The maximum atomic E-state index is 12.3. The van der Waals surface area contributed by atoms with Crippen molar-refractivity contribution in [1.29, 1.82) is 5.41 Å². The number of aromatic amines is 1. The Morgan fingerprint density at radius 1 is 0.966 bits per heavy atom. The SMILES string of the molecule is COC(=O)/C=C/c1c(C(=O)OC)[nH]c(C=N)c1-c1ccc(OC)c(OC)c1OC. The monoisotopic (exact) mass is 402 g/mol. The summed E-state index contributed by atoms with van der Waals surface area (Å²) in [6.07, 6.45) is 3.63. The summed E-state index contributed by atoms with van der Waals surface area (Å²) in [7, 11) is 6.90. The van der Waals surface area contributed by atoms with Crippen LogP contribution in [0.1, 0.15) is 21.7 Å². The summed E-state index contributed by atoms with van der Waals surface area (Å²) in [5.74, 6) is -0.155. The lowest BCUT2D eigenvalue weighted by molar-refractivity contribution is -0.134. The molecule has 29 heavy (non-hydrogen) atoms. The molecule has 0 aliphatic heterocycles. The van der Waals surface area contributed by atoms with Crippen LogP contribution < -0.4 is 14.2 Å². The van der Waals surface area contributed by atoms with Crippen LogP contribution >= 0.6 is 0 Å². The Labute approximate surface area is 167 Å². The molecule has 9 heteroatoms. The first-order valence-corrected chi connectivity index (χ1v) is 8.37. The third-order valence-corrected chi connectivity index (χ3v) is 4.16. The van der Waals surface area contributed by atoms with Crippen LogP contribution in [0.15, 0.2) is 18.2 Å². The van der Waals surface area contributed by atoms with E-state index in [4.69, 9.17) is 24.4 Å². The van der Waals surface area contributed by atoms with E-state index in [1.54, 1.807) is 12.1 Å². The lowest BCUT2D eigenvalue weighted by Gasteiger charge is -2.16. The van der Waals surface area contributed by atoms with Crippen molar-refractivity contribution >= 4 is 24.2 Å². The van der Waals surface area contributed by atoms with E-state index in [-0.39, 0.29) is 5.69 Å². The van der Waals surface area contributed by atoms with Crippen LogP contribution in [0.2, 0.25) is 0 Å². The van der Waals surface area contributed by atoms with E-state index in [2.05, 4.69) is 9.72 Å². The number of esters is 2. The number of benzene rings is 1. The van der Waals surface area contributed by atoms with E-state index in [1.165, 1.54) is 47.7 Å². The average Bonchev–Trinajstić information content (AvgIpc) is 3.13. The van der Waals surface area contributed by atoms with Gasteiger partial charge in [-0.05, 0) is 18.2 Å². The Balaban J connectivity index is 2.89. The topological polar surface area (TPSA) is 120 Å². The molecule has 0 aliphatic rings. The van der Waals surface area contributed by atoms with Gasteiger partial charge in [0, 0.05) is 29.0 Å². The fourth-order valence-electron chi connectivity index (χ4n) is 2.88. The van der Waals surface area contributed by atoms with Crippen LogP contribution in [0.4, 0.5) is 0 Å². The zero-order chi connectivity index (χ0) is 21.6. The number of rotatable bonds is 8. The molecule has 0 radical (unpaired) electrons. The fourth-order valence-corrected chi connectivity index (χ4v) is 2.88. The minimum absolute atomic E-state index is 0.0676. The van der Waals surface area contributed by atoms with Crippen molar-refractivity contribution in [3.05, 3.63) is 35.2 Å². The summed E-state index contributed by atoms with van der Waals surface area (Å²) in [5, 5.41) is 7.78. The molecule has 0 spiro atoms. The minimum atomic E-state index is -0.664. The van der Waals surface area contributed by atoms with E-state index in [9.17, 15) is 9.59 Å². The summed E-state index contributed by atoms with van der Waals surface area (Å²) in [4.78, 5) is 26.8. The van der Waals surface area contributed by atoms with Crippen molar-refractivity contribution in [2.24, 2.45) is 0 Å². The lowest BCUT2D eigenvalue weighted by atomic mass is 9.98. The first kappa shape index (κ1) is 21.5. The molecule has 154 valence electrons. The molecule has 1 aromatic carbocycles. The van der Waals surface area contributed by atoms with Crippen LogP contribution in [-0.2, 0) is 14.3 Å². The van der Waals surface area contributed by atoms with Crippen LogP contribution in [0.5, 0.6) is 17.2 Å². The highest BCUT2D eigenvalue weighted by atomic mass is 16.5. The number of carbonyl (C=O) groups is 2. The van der Waals surface area contributed by atoms with Crippen LogP contribution in [-0.4, -0.2) is 58.7 Å². The van der Waals surface area contributed by atoms with Crippen molar-refractivity contribution in [1.82, 2.24) is 4.98 Å². The summed E-state index contributed by atoms with van der Waals surface area (Å²) in [6.45, 7) is 0. The van der Waals surface area contributed by atoms with Gasteiger partial charge in [0.15, 0.2) is 11.5 Å². The van der Waals surface area contributed by atoms with Gasteiger partial charge >= 0.3 is 11.9 Å². The smallest absolute Gasteiger partial charge is 0.355 e. The molecule has 0 fully saturated rings. The molecule has 1 heterocycles. The van der Waals surface area contributed by atoms with Crippen LogP contribution in [0.3, 0.4) is 0 Å². The van der Waals surface area contributed by atoms with Crippen molar-refractivity contribution < 1.29 is 33.3 Å². The normalized spacial score (nSPS) is 10.5. The van der Waals surface area contributed by atoms with Crippen molar-refractivity contribution in [2.75, 3.05) is 35.5 Å². The molecule has 0 saturated carbocycles. The van der Waals surface area contributed by atoms with Gasteiger partial charge in [-0.25, -0.2) is 9.59 Å². The van der Waals surface area contributed by atoms with Crippen molar-refractivity contribution in [2.45, 2.75) is 0 Å². The summed E-state index contributed by atoms with van der Waals surface area (Å²) in [5.41, 5.74) is 1.66. The molecule has 0 saturated heterocycles. The van der Waals surface area contributed by atoms with Gasteiger partial charge < -0.3 is 34.1 Å². The largest absolute Gasteiger partial charge is 0.493 e. The number of methoxy groups -OCH3 is 5. The van der Waals surface area contributed by atoms with Gasteiger partial charge in [0.05, 0.1) is 41.2 Å². The summed E-state index contributed by atoms with van der Waals surface area (Å²) >= 11 is 0. The Hall–Kier alpha value is -3.75. The molecule has 0 atom stereocenters. The molecule has 9 nitrogen and oxygen atoms in total. The molecule has 2 rings (SSSR count). The molecule has 0 unspecified atom stereocenters. The van der Waals surface area contributed by atoms with E-state index in [0.717, 1.165) is 6.21 Å². The lowest BCUT2D eigenvalue weighted by Crippen LogP contribution is -2.04. The Kier molecular flexibility index (Phi) is 7.02. The molecule has 0 bridgehead atoms. The first-order chi connectivity index (χ1) is 14.0. The second-order valence-electron chi connectivity index (χ2n) is 5.58. The quantitative estimate of drug-likeness (QED) is 0.396. The number of aromatic nitrogens is 1. The summed E-state index contributed by atoms with van der Waals surface area (Å²) in [6, 6.07) is 3.37. The highest BCUT2D eigenvalue weighted by Crippen LogP contribution is 2.46. The van der Waals surface area contributed by atoms with Gasteiger partial charge in [0.25, 0.3) is 0 Å². The summed E-state index contributed by atoms with van der Waals surface area (Å²) < 4.78 is 25.7. The van der Waals surface area contributed by atoms with Crippen LogP contribution in [0.25, 0.3) is 17.2 Å². The third kappa shape index (κ3) is 4.08. The van der Waals surface area contributed by atoms with Gasteiger partial charge in [0.2, 0.25) is 5.75 Å². The molecular weight excluding hydrogens is 380 g/mol. The zero-order valence-corrected chi connectivity index (χ0v) is 16.7. The van der Waals surface area contributed by atoms with Crippen molar-refractivity contribution in [3.63, 3.8) is 0 Å². The van der Waals surface area contributed by atoms with Gasteiger partial charge in [-0.1, -0.05) is 0 Å². The van der Waals surface area contributed by atoms with Crippen molar-refractivity contribution in [3.8, 4) is 28.4 Å². The highest BCUT2D eigenvalue weighted by molar-refractivity contribution is 6.04. The Morgan fingerprint density at radius 2 is 1.66 bits per heavy atom. The molecule has 1 aromatic heterocycles. The van der Waals surface area contributed by atoms with E-state index in [1.807, 2.05) is 0 Å². The molecule has 2 aromatic rings. The van der Waals surface area contributed by atoms with Gasteiger partial charge in [-0.2, -0.15) is 0 Å². The number of carbonyl (C=O) groups excluding carboxylic acids is 2. The average molecular weight is 402 g/mol. The fraction of sp³-hybridized carbons (Fsp3) is 0.250. The molecule has 0 aliphatic carbocycles. The second-order valence-corrected chi connectivity index (χ2v) is 5.58. The number of H-pyrrole nitrogens is 1. The maximum Gasteiger partial charge on any atom is 0.355 e. The number of nitrogens with one attached hydrogen (secondary N) is 2. The Morgan fingerprint density at radius 3 is 2.17 bits per heavy atom. The predicted octanol–water partition coefficient (Wildman–Crippen LogP) is 2.68. The number of hydrogen-bond donors (Lipinski definition) is 2. The zero-order valence-electron chi connectivity index (χ0n) is 16.7. The highest BCUT2D eigenvalue weighted by Gasteiger charge is 2.26. The molecule has 2 N–H and O–H groups in total. The predicted molar refractivity (Wildman–Crippen MR) is 106 cm³/mol. The molecule has 0 amide bonds.